The Morgan fingerprint density at radius 3 is 1.98 bits per heavy atom. The van der Waals surface area contributed by atoms with Crippen molar-refractivity contribution < 1.29 is 83.8 Å². The Morgan fingerprint density at radius 2 is 1.41 bits per heavy atom. The second-order valence-corrected chi connectivity index (χ2v) is 28.4. The molecule has 8 bridgehead atoms. The minimum absolute atomic E-state index is 0. The summed E-state index contributed by atoms with van der Waals surface area (Å²) >= 11 is 0. The number of carbonyl (C=O) groups is 7. The second kappa shape index (κ2) is 28.5. The maximum absolute atomic E-state index is 14.4. The van der Waals surface area contributed by atoms with Gasteiger partial charge in [-0.1, -0.05) is 34.6 Å². The summed E-state index contributed by atoms with van der Waals surface area (Å²) in [6.07, 6.45) is -4.57. The van der Waals surface area contributed by atoms with Crippen molar-refractivity contribution in [3.63, 3.8) is 0 Å². The largest absolute Gasteiger partial charge is 2.00 e. The van der Waals surface area contributed by atoms with Crippen LogP contribution in [0.4, 0.5) is 0 Å². The average molecular weight is 1360 g/mol. The van der Waals surface area contributed by atoms with E-state index in [-0.39, 0.29) is 94.0 Å². The van der Waals surface area contributed by atoms with E-state index in [1.807, 2.05) is 87.4 Å². The number of primary amides is 6. The van der Waals surface area contributed by atoms with Crippen LogP contribution < -0.4 is 49.9 Å². The molecule has 7 amide bonds. The van der Waals surface area contributed by atoms with Crippen LogP contribution in [-0.4, -0.2) is 127 Å². The Bertz CT molecular complexity index is 3600. The Hall–Kier alpha value is -7.00. The van der Waals surface area contributed by atoms with Crippen molar-refractivity contribution in [1.29, 1.82) is 5.26 Å². The summed E-state index contributed by atoms with van der Waals surface area (Å²) in [4.78, 5) is 128. The first-order chi connectivity index (χ1) is 42.8. The average Bonchev–Trinajstić information content (AvgIpc) is 1.53. The summed E-state index contributed by atoms with van der Waals surface area (Å²) in [7, 11) is -5.32. The topological polar surface area (TPSA) is 487 Å². The number of imidazole rings is 1. The molecule has 93 heavy (non-hydrogen) atoms. The van der Waals surface area contributed by atoms with E-state index in [9.17, 15) is 53.2 Å². The second-order valence-electron chi connectivity index (χ2n) is 27.1. The molecule has 15 atom stereocenters. The van der Waals surface area contributed by atoms with Gasteiger partial charge in [0.2, 0.25) is 41.4 Å². The fraction of sp³-hybridized carbons (Fsp3) is 0.619. The molecule has 8 rings (SSSR count). The molecule has 1 aromatic carbocycles. The molecule has 0 aliphatic carbocycles. The van der Waals surface area contributed by atoms with Crippen LogP contribution in [0.15, 0.2) is 67.8 Å². The quantitative estimate of drug-likeness (QED) is 0.0478. The fourth-order valence-electron chi connectivity index (χ4n) is 15.4. The van der Waals surface area contributed by atoms with E-state index >= 15 is 0 Å². The maximum Gasteiger partial charge on any atom is 2.00 e. The smallest absolute Gasteiger partial charge is 0.756 e. The Kier molecular flexibility index (Phi) is 23.0. The monoisotopic (exact) mass is 1360 g/mol. The molecule has 16 N–H and O–H groups in total. The Morgan fingerprint density at radius 1 is 0.828 bits per heavy atom. The SMILES string of the molecule is C/C1=C2N=C(/C=C3\N/C(=C(/C)C4=NC(C)(C5N=C1C(C)(CCC(=O)NCC(C)OP(=O)([O-])OC1C(CO)OC(n6cnc7cc(C)c(C)cc76)C1O)C5CC(N)=O)C(C)(CC(N)=O)C4CCC(N)=O)C(C)(CC(N)=O)C3CCC(N)=O)C(C)(C)C/2CCC(N)=O.[C-]#N.[Co+2]. The van der Waals surface area contributed by atoms with Gasteiger partial charge in [-0.05, 0) is 108 Å². The maximum atomic E-state index is 14.4. The molecule has 28 nitrogen and oxygen atoms in total. The molecular formula is C63H89CoN14O14P. The van der Waals surface area contributed by atoms with Crippen molar-refractivity contribution in [2.45, 2.75) is 189 Å². The molecule has 0 spiro atoms. The summed E-state index contributed by atoms with van der Waals surface area (Å²) in [6, 6.07) is 2.67. The zero-order valence-electron chi connectivity index (χ0n) is 54.5. The number of allylic oxidation sites excluding steroid dienone is 6. The summed E-state index contributed by atoms with van der Waals surface area (Å²) in [5, 5.41) is 34.4. The number of aliphatic hydroxyl groups is 2. The number of nitrogens with one attached hydrogen (secondary N) is 2. The molecule has 2 fully saturated rings. The Labute approximate surface area is 551 Å². The number of aromatic nitrogens is 2. The number of fused-ring (bicyclic) bond motifs is 7. The molecule has 2 saturated heterocycles. The van der Waals surface area contributed by atoms with Crippen LogP contribution in [0.2, 0.25) is 0 Å². The molecule has 7 heterocycles. The number of ether oxygens (including phenoxy) is 1. The van der Waals surface area contributed by atoms with Gasteiger partial charge in [0.15, 0.2) is 6.23 Å². The summed E-state index contributed by atoms with van der Waals surface area (Å²) in [5.74, 6) is -7.24. The van der Waals surface area contributed by atoms with Crippen molar-refractivity contribution in [1.82, 2.24) is 20.2 Å². The Balaban J connectivity index is 0.00000453. The van der Waals surface area contributed by atoms with Crippen LogP contribution in [0, 0.1) is 71.0 Å². The van der Waals surface area contributed by atoms with E-state index in [2.05, 4.69) is 15.6 Å². The zero-order valence-corrected chi connectivity index (χ0v) is 56.4. The molecule has 509 valence electrons. The van der Waals surface area contributed by atoms with E-state index in [4.69, 9.17) is 75.0 Å². The van der Waals surface area contributed by atoms with Crippen molar-refractivity contribution in [3.8, 4) is 0 Å². The number of phosphoric ester groups is 1. The van der Waals surface area contributed by atoms with Gasteiger partial charge in [-0.15, -0.1) is 0 Å². The number of nitrogens with zero attached hydrogens (tertiary/aromatic N) is 6. The van der Waals surface area contributed by atoms with Crippen LogP contribution in [0.25, 0.3) is 11.0 Å². The molecule has 0 saturated carbocycles. The first kappa shape index (κ1) is 75.0. The number of aryl methyl sites for hydroxylation is 2. The number of hydrogen-bond acceptors (Lipinski definition) is 20. The molecule has 15 unspecified atom stereocenters. The van der Waals surface area contributed by atoms with E-state index in [1.54, 1.807) is 0 Å². The molecule has 2 aromatic rings. The first-order valence-corrected chi connectivity index (χ1v) is 32.2. The molecular weight excluding hydrogens is 1270 g/mol. The number of hydrogen-bond donors (Lipinski definition) is 10. The molecule has 6 aliphatic rings. The van der Waals surface area contributed by atoms with Crippen molar-refractivity contribution in [2.24, 2.45) is 94.7 Å². The normalized spacial score (nSPS) is 33.1. The van der Waals surface area contributed by atoms with Gasteiger partial charge in [-0.2, -0.15) is 0 Å². The molecule has 1 radical (unpaired) electrons. The predicted octanol–water partition coefficient (Wildman–Crippen LogP) is 2.63. The van der Waals surface area contributed by atoms with E-state index in [0.29, 0.717) is 56.4 Å². The number of aliphatic imine (C=N–C) groups is 3. The zero-order chi connectivity index (χ0) is 68.7. The number of benzene rings is 1. The molecule has 6 aliphatic heterocycles. The summed E-state index contributed by atoms with van der Waals surface area (Å²) in [6.45, 7) is 23.8. The predicted molar refractivity (Wildman–Crippen MR) is 336 cm³/mol. The van der Waals surface area contributed by atoms with Gasteiger partial charge in [0.1, 0.15) is 18.3 Å². The number of rotatable bonds is 26. The van der Waals surface area contributed by atoms with Crippen LogP contribution in [-0.2, 0) is 68.7 Å². The van der Waals surface area contributed by atoms with Gasteiger partial charge in [-0.3, -0.25) is 53.1 Å². The molecule has 1 aromatic heterocycles. The number of phosphoric acid groups is 1. The van der Waals surface area contributed by atoms with Crippen molar-refractivity contribution in [2.75, 3.05) is 13.2 Å². The van der Waals surface area contributed by atoms with Gasteiger partial charge in [0.25, 0.3) is 7.82 Å². The summed E-state index contributed by atoms with van der Waals surface area (Å²) < 4.78 is 31.9. The minimum atomic E-state index is -5.32. The van der Waals surface area contributed by atoms with E-state index < -0.39 is 143 Å². The summed E-state index contributed by atoms with van der Waals surface area (Å²) in [5.41, 5.74) is 37.2. The van der Waals surface area contributed by atoms with E-state index in [1.165, 1.54) is 17.8 Å². The van der Waals surface area contributed by atoms with Crippen LogP contribution in [0.5, 0.6) is 0 Å². The van der Waals surface area contributed by atoms with Gasteiger partial charge >= 0.3 is 16.8 Å². The van der Waals surface area contributed by atoms with Crippen LogP contribution in [0.1, 0.15) is 150 Å². The third kappa shape index (κ3) is 14.6. The standard InChI is InChI=1S/C62H90N13O14P.CN.Co/c1-29-20-39-40(21-30(29)2)75(28-70-39)57-52(84)53(41(27-76)87-57)89-90(85,86)88-31(3)26-69-49(83)18-19-59(8)37(22-46(66)80)56-62(11)61(10,25-48(68)82)36(14-17-45(65)79)51(74-62)33(5)55-60(9,24-47(67)81)34(12-15-43(63)77)38(71-55)23-42-58(6,7)35(13-16-44(64)78)50(72-42)32(4)54(59)73-56;1-2;/h20-21,23,28,31,34-37,41,52-53,56-57,71,76,84H,12-19,22,24-27H2,1-11H3,(H2,63,77)(H2,64,78)(H2,65,79)(H2,66,80)(H2,67,81)(H2,68,82)(H,69,83)(H,85,86);;/q;-1;+2/p-1/b38-23-,50-32-,55-33-;;. The van der Waals surface area contributed by atoms with E-state index in [0.717, 1.165) is 11.1 Å². The fourth-order valence-corrected chi connectivity index (χ4v) is 16.6. The number of carbonyl (C=O) groups excluding carboxylic acids is 7. The van der Waals surface area contributed by atoms with Gasteiger partial charge in [-0.25, -0.2) is 4.98 Å². The van der Waals surface area contributed by atoms with Crippen LogP contribution in [0.3, 0.4) is 0 Å². The number of amides is 7. The minimum Gasteiger partial charge on any atom is -0.756 e. The number of aliphatic hydroxyl groups excluding tert-OH is 2. The molecule has 30 heteroatoms. The van der Waals surface area contributed by atoms with Gasteiger partial charge in [0.05, 0.1) is 41.7 Å². The van der Waals surface area contributed by atoms with Gasteiger partial charge < -0.3 is 90.3 Å². The van der Waals surface area contributed by atoms with Gasteiger partial charge in [0, 0.05) is 131 Å². The third-order valence-electron chi connectivity index (χ3n) is 20.6. The van der Waals surface area contributed by atoms with Crippen LogP contribution >= 0.6 is 7.82 Å². The van der Waals surface area contributed by atoms with Crippen molar-refractivity contribution in [3.05, 3.63) is 70.5 Å². The van der Waals surface area contributed by atoms with Crippen molar-refractivity contribution >= 4 is 77.3 Å². The third-order valence-corrected chi connectivity index (χ3v) is 21.7. The first-order valence-electron chi connectivity index (χ1n) is 30.8. The number of nitrogens with two attached hydrogens (primary N) is 6.